The summed E-state index contributed by atoms with van der Waals surface area (Å²) in [6.45, 7) is 1.64. The molecule has 0 radical (unpaired) electrons. The first kappa shape index (κ1) is 21.4. The second-order valence-corrected chi connectivity index (χ2v) is 6.66. The molecule has 0 spiro atoms. The standard InChI is InChI=1S/C21H19F3N2O4/c1-14(25-30-12-15-2-6-17(7-3-15)21(22,23)24)16-4-8-18(9-5-16)29-13-26-19(27)10-11-20(26)28/h2-9H,10-13H2,1H3. The summed E-state index contributed by atoms with van der Waals surface area (Å²) in [4.78, 5) is 29.4. The van der Waals surface area contributed by atoms with E-state index in [0.29, 0.717) is 17.0 Å². The van der Waals surface area contributed by atoms with Gasteiger partial charge in [0.25, 0.3) is 0 Å². The van der Waals surface area contributed by atoms with E-state index in [9.17, 15) is 22.8 Å². The first-order valence-electron chi connectivity index (χ1n) is 9.13. The highest BCUT2D eigenvalue weighted by molar-refractivity contribution is 6.01. The fraction of sp³-hybridized carbons (Fsp3) is 0.286. The molecule has 1 aliphatic rings. The fourth-order valence-electron chi connectivity index (χ4n) is 2.74. The number of ether oxygens (including phenoxy) is 1. The molecule has 30 heavy (non-hydrogen) atoms. The number of hydrogen-bond donors (Lipinski definition) is 0. The van der Waals surface area contributed by atoms with Crippen LogP contribution >= 0.6 is 0 Å². The van der Waals surface area contributed by atoms with Crippen molar-refractivity contribution in [2.45, 2.75) is 32.5 Å². The quantitative estimate of drug-likeness (QED) is 0.384. The summed E-state index contributed by atoms with van der Waals surface area (Å²) >= 11 is 0. The minimum atomic E-state index is -4.37. The molecule has 1 fully saturated rings. The van der Waals surface area contributed by atoms with Crippen molar-refractivity contribution >= 4 is 17.5 Å². The summed E-state index contributed by atoms with van der Waals surface area (Å²) in [6.07, 6.45) is -3.95. The molecular weight excluding hydrogens is 401 g/mol. The Labute approximate surface area is 170 Å². The fourth-order valence-corrected chi connectivity index (χ4v) is 2.74. The second-order valence-electron chi connectivity index (χ2n) is 6.66. The van der Waals surface area contributed by atoms with Gasteiger partial charge in [-0.2, -0.15) is 13.2 Å². The third kappa shape index (κ3) is 5.37. The van der Waals surface area contributed by atoms with Crippen molar-refractivity contribution in [3.05, 3.63) is 65.2 Å². The lowest BCUT2D eigenvalue weighted by Gasteiger charge is -2.14. The Morgan fingerprint density at radius 1 is 1.00 bits per heavy atom. The summed E-state index contributed by atoms with van der Waals surface area (Å²) in [5, 5.41) is 3.98. The van der Waals surface area contributed by atoms with Crippen LogP contribution in [0.3, 0.4) is 0 Å². The zero-order valence-corrected chi connectivity index (χ0v) is 16.1. The Kier molecular flexibility index (Phi) is 6.39. The average molecular weight is 420 g/mol. The van der Waals surface area contributed by atoms with Crippen LogP contribution in [-0.2, 0) is 27.2 Å². The van der Waals surface area contributed by atoms with Gasteiger partial charge in [-0.15, -0.1) is 0 Å². The normalized spacial score (nSPS) is 14.9. The number of halogens is 3. The maximum Gasteiger partial charge on any atom is 0.416 e. The van der Waals surface area contributed by atoms with Gasteiger partial charge in [-0.3, -0.25) is 9.59 Å². The molecule has 0 aliphatic carbocycles. The smallest absolute Gasteiger partial charge is 0.416 e. The van der Waals surface area contributed by atoms with Gasteiger partial charge in [0.15, 0.2) is 6.73 Å². The molecule has 2 amide bonds. The van der Waals surface area contributed by atoms with E-state index in [2.05, 4.69) is 5.16 Å². The van der Waals surface area contributed by atoms with E-state index in [1.54, 1.807) is 31.2 Å². The molecule has 3 rings (SSSR count). The third-order valence-electron chi connectivity index (χ3n) is 4.50. The number of benzene rings is 2. The van der Waals surface area contributed by atoms with Crippen LogP contribution in [0.15, 0.2) is 53.7 Å². The van der Waals surface area contributed by atoms with Gasteiger partial charge in [-0.25, -0.2) is 4.90 Å². The van der Waals surface area contributed by atoms with E-state index in [1.807, 2.05) is 0 Å². The predicted molar refractivity (Wildman–Crippen MR) is 101 cm³/mol. The zero-order chi connectivity index (χ0) is 21.7. The summed E-state index contributed by atoms with van der Waals surface area (Å²) in [6, 6.07) is 11.5. The number of nitrogens with zero attached hydrogens (tertiary/aromatic N) is 2. The van der Waals surface area contributed by atoms with Gasteiger partial charge >= 0.3 is 6.18 Å². The molecule has 2 aromatic carbocycles. The number of likely N-dealkylation sites (tertiary alicyclic amines) is 1. The molecule has 1 aliphatic heterocycles. The van der Waals surface area contributed by atoms with Crippen molar-refractivity contribution in [1.29, 1.82) is 0 Å². The second kappa shape index (κ2) is 8.98. The maximum absolute atomic E-state index is 12.6. The largest absolute Gasteiger partial charge is 0.473 e. The summed E-state index contributed by atoms with van der Waals surface area (Å²) < 4.78 is 43.2. The molecule has 6 nitrogen and oxygen atoms in total. The van der Waals surface area contributed by atoms with E-state index in [-0.39, 0.29) is 38.0 Å². The minimum Gasteiger partial charge on any atom is -0.473 e. The summed E-state index contributed by atoms with van der Waals surface area (Å²) in [5.41, 5.74) is 1.17. The van der Waals surface area contributed by atoms with Crippen molar-refractivity contribution in [2.75, 3.05) is 6.73 Å². The molecule has 0 bridgehead atoms. The van der Waals surface area contributed by atoms with Crippen LogP contribution in [0.2, 0.25) is 0 Å². The van der Waals surface area contributed by atoms with Crippen molar-refractivity contribution in [1.82, 2.24) is 4.90 Å². The lowest BCUT2D eigenvalue weighted by atomic mass is 10.1. The maximum atomic E-state index is 12.6. The number of hydrogen-bond acceptors (Lipinski definition) is 5. The Hall–Kier alpha value is -3.36. The van der Waals surface area contributed by atoms with Crippen molar-refractivity contribution in [2.24, 2.45) is 5.16 Å². The lowest BCUT2D eigenvalue weighted by molar-refractivity contribution is -0.141. The van der Waals surface area contributed by atoms with Gasteiger partial charge in [-0.1, -0.05) is 17.3 Å². The van der Waals surface area contributed by atoms with Gasteiger partial charge in [-0.05, 0) is 54.4 Å². The van der Waals surface area contributed by atoms with Crippen LogP contribution < -0.4 is 4.74 Å². The van der Waals surface area contributed by atoms with Crippen LogP contribution in [-0.4, -0.2) is 29.2 Å². The van der Waals surface area contributed by atoms with Crippen LogP contribution in [0.5, 0.6) is 5.75 Å². The highest BCUT2D eigenvalue weighted by Crippen LogP contribution is 2.29. The van der Waals surface area contributed by atoms with Gasteiger partial charge in [0.2, 0.25) is 11.8 Å². The predicted octanol–water partition coefficient (Wildman–Crippen LogP) is 4.13. The molecule has 1 heterocycles. The van der Waals surface area contributed by atoms with Crippen LogP contribution in [0.4, 0.5) is 13.2 Å². The summed E-state index contributed by atoms with van der Waals surface area (Å²) in [7, 11) is 0. The number of oxime groups is 1. The number of amides is 2. The first-order chi connectivity index (χ1) is 14.2. The molecule has 0 atom stereocenters. The molecule has 9 heteroatoms. The molecule has 0 N–H and O–H groups in total. The van der Waals surface area contributed by atoms with Crippen molar-refractivity contribution in [3.8, 4) is 5.75 Å². The molecular formula is C21H19F3N2O4. The van der Waals surface area contributed by atoms with Gasteiger partial charge in [0, 0.05) is 12.8 Å². The van der Waals surface area contributed by atoms with E-state index < -0.39 is 11.7 Å². The monoisotopic (exact) mass is 420 g/mol. The number of rotatable bonds is 7. The van der Waals surface area contributed by atoms with E-state index in [1.165, 1.54) is 12.1 Å². The van der Waals surface area contributed by atoms with Crippen LogP contribution in [0, 0.1) is 0 Å². The third-order valence-corrected chi connectivity index (χ3v) is 4.50. The Balaban J connectivity index is 1.51. The molecule has 0 aromatic heterocycles. The van der Waals surface area contributed by atoms with E-state index in [4.69, 9.17) is 9.57 Å². The SMILES string of the molecule is CC(=NOCc1ccc(C(F)(F)F)cc1)c1ccc(OCN2C(=O)CCC2=O)cc1. The summed E-state index contributed by atoms with van der Waals surface area (Å²) in [5.74, 6) is -0.000640. The molecule has 0 unspecified atom stereocenters. The Bertz CT molecular complexity index is 922. The van der Waals surface area contributed by atoms with E-state index in [0.717, 1.165) is 22.6 Å². The molecule has 2 aromatic rings. The molecule has 0 saturated carbocycles. The van der Waals surface area contributed by atoms with Gasteiger partial charge in [0.1, 0.15) is 12.4 Å². The van der Waals surface area contributed by atoms with E-state index >= 15 is 0 Å². The highest BCUT2D eigenvalue weighted by atomic mass is 19.4. The first-order valence-corrected chi connectivity index (χ1v) is 9.13. The molecule has 158 valence electrons. The van der Waals surface area contributed by atoms with Crippen LogP contribution in [0.25, 0.3) is 0 Å². The average Bonchev–Trinajstić information content (AvgIpc) is 3.04. The van der Waals surface area contributed by atoms with Gasteiger partial charge < -0.3 is 9.57 Å². The minimum absolute atomic E-state index is 0.0363. The zero-order valence-electron chi connectivity index (χ0n) is 16.1. The Morgan fingerprint density at radius 3 is 2.17 bits per heavy atom. The van der Waals surface area contributed by atoms with Crippen molar-refractivity contribution < 1.29 is 32.3 Å². The number of carbonyl (C=O) groups excluding carboxylic acids is 2. The van der Waals surface area contributed by atoms with Crippen molar-refractivity contribution in [3.63, 3.8) is 0 Å². The lowest BCUT2D eigenvalue weighted by Crippen LogP contribution is -2.32. The van der Waals surface area contributed by atoms with Crippen LogP contribution in [0.1, 0.15) is 36.5 Å². The topological polar surface area (TPSA) is 68.2 Å². The highest BCUT2D eigenvalue weighted by Gasteiger charge is 2.30. The number of alkyl halides is 3. The molecule has 1 saturated heterocycles. The number of carbonyl (C=O) groups is 2. The van der Waals surface area contributed by atoms with Gasteiger partial charge in [0.05, 0.1) is 11.3 Å². The Morgan fingerprint density at radius 2 is 1.60 bits per heavy atom. The number of imide groups is 1.